The summed E-state index contributed by atoms with van der Waals surface area (Å²) < 4.78 is 0. The largest absolute Gasteiger partial charge is 0.193 e. The molecule has 1 unspecified atom stereocenters. The van der Waals surface area contributed by atoms with Crippen LogP contribution in [0.25, 0.3) is 0 Å². The van der Waals surface area contributed by atoms with Crippen LogP contribution in [0.5, 0.6) is 0 Å². The Bertz CT molecular complexity index is 1890. The first kappa shape index (κ1) is 61.1. The fourth-order valence-electron chi connectivity index (χ4n) is 12.3. The second kappa shape index (κ2) is 30.8. The third-order valence-corrected chi connectivity index (χ3v) is 44.6. The van der Waals surface area contributed by atoms with Crippen molar-refractivity contribution in [2.24, 2.45) is 5.50 Å². The summed E-state index contributed by atoms with van der Waals surface area (Å²) in [5.74, 6) is 0. The van der Waals surface area contributed by atoms with Gasteiger partial charge in [0.2, 0.25) is 0 Å². The lowest BCUT2D eigenvalue weighted by Gasteiger charge is -2.36. The van der Waals surface area contributed by atoms with Crippen molar-refractivity contribution in [3.8, 4) is 0 Å². The van der Waals surface area contributed by atoms with Crippen LogP contribution < -0.4 is 47.5 Å². The van der Waals surface area contributed by atoms with Crippen molar-refractivity contribution >= 4 is 89.0 Å². The Morgan fingerprint density at radius 2 is 0.614 bits per heavy atom. The van der Waals surface area contributed by atoms with Gasteiger partial charge in [-0.05, 0) is 23.4 Å². The lowest BCUT2D eigenvalue weighted by atomic mass is 10.3. The van der Waals surface area contributed by atoms with E-state index in [2.05, 4.69) is 179 Å². The Hall–Kier alpha value is -1.43. The molecule has 0 bridgehead atoms. The van der Waals surface area contributed by atoms with E-state index in [1.807, 2.05) is 0 Å². The number of hydrogen-bond donors (Lipinski definition) is 1. The Morgan fingerprint density at radius 3 is 0.871 bits per heavy atom. The highest BCUT2D eigenvalue weighted by Gasteiger charge is 2.53. The van der Waals surface area contributed by atoms with Gasteiger partial charge in [0.1, 0.15) is 18.2 Å². The summed E-state index contributed by atoms with van der Waals surface area (Å²) in [5.41, 5.74) is 8.88. The number of hydrogen-bond acceptors (Lipinski definition) is 1. The van der Waals surface area contributed by atoms with Crippen molar-refractivity contribution in [1.29, 1.82) is 0 Å². The molecule has 0 aliphatic heterocycles. The van der Waals surface area contributed by atoms with Crippen molar-refractivity contribution in [2.45, 2.75) is 252 Å². The number of unbranched alkanes of at least 4 members (excludes halogenated alkanes) is 9. The fourth-order valence-corrected chi connectivity index (χ4v) is 41.5. The highest BCUT2D eigenvalue weighted by molar-refractivity contribution is 8.49. The van der Waals surface area contributed by atoms with Crippen LogP contribution in [0.3, 0.4) is 0 Å². The second-order valence-corrected chi connectivity index (χ2v) is 49.2. The molecule has 390 valence electrons. The van der Waals surface area contributed by atoms with Crippen molar-refractivity contribution < 1.29 is 0 Å². The molecule has 70 heavy (non-hydrogen) atoms. The summed E-state index contributed by atoms with van der Waals surface area (Å²) in [5, 5.41) is 12.6. The van der Waals surface area contributed by atoms with Gasteiger partial charge in [-0.1, -0.05) is 346 Å². The predicted octanol–water partition coefficient (Wildman–Crippen LogP) is 17.3. The molecule has 0 saturated carbocycles. The molecule has 0 aliphatic rings. The molecule has 0 saturated heterocycles. The van der Waals surface area contributed by atoms with Crippen molar-refractivity contribution in [3.63, 3.8) is 0 Å². The fraction of sp³-hybridized carbons (Fsp3) is 0.619. The molecule has 7 heteroatoms. The third-order valence-electron chi connectivity index (χ3n) is 16.8. The van der Waals surface area contributed by atoms with E-state index in [0.717, 1.165) is 0 Å². The van der Waals surface area contributed by atoms with Crippen LogP contribution in [-0.2, 0) is 0 Å². The Balaban J connectivity index is 2.14. The summed E-state index contributed by atoms with van der Waals surface area (Å²) in [7, 11) is -10.5. The molecule has 0 aromatic heterocycles. The monoisotopic (exact) mass is 1050 g/mol. The summed E-state index contributed by atoms with van der Waals surface area (Å²) in [6.07, 6.45) is 23.9. The van der Waals surface area contributed by atoms with Crippen molar-refractivity contribution in [3.05, 3.63) is 97.1 Å². The van der Waals surface area contributed by atoms with Gasteiger partial charge in [0, 0.05) is 10.6 Å². The first-order valence-electron chi connectivity index (χ1n) is 29.7. The Morgan fingerprint density at radius 1 is 0.357 bits per heavy atom. The number of rotatable bonds is 36. The molecule has 0 heterocycles. The topological polar surface area (TPSA) is 26.0 Å². The maximum atomic E-state index is 8.88. The Kier molecular flexibility index (Phi) is 26.9. The van der Waals surface area contributed by atoms with Crippen LogP contribution in [0.15, 0.2) is 97.1 Å². The molecule has 1 nitrogen and oxygen atoms in total. The molecule has 0 fully saturated rings. The standard InChI is InChI=1S/C63H108NP2Si4/c1-13-22-47-68(48-23-14-2,49-24-15-3)59-41-35-56(36-42-59)65(57-37-43-60(44-38-57)69(50-25-16-4,51-26-17-5)52-27-18-6)66(64,62-33-31-32-34-63(62)67(10,11)12)58-39-45-61(46-40-58)70(53-28-19-7,54-29-20-8)55-30-21-9/h31-46H,13-30,47-55,64H2,1-12H3/q+1. The van der Waals surface area contributed by atoms with Crippen LogP contribution in [0.4, 0.5) is 0 Å². The van der Waals surface area contributed by atoms with Crippen molar-refractivity contribution in [1.82, 2.24) is 0 Å². The van der Waals surface area contributed by atoms with Crippen LogP contribution in [-0.4, -0.2) is 32.3 Å². The van der Waals surface area contributed by atoms with Gasteiger partial charge in [-0.3, -0.25) is 0 Å². The lowest BCUT2D eigenvalue weighted by Crippen LogP contribution is -2.51. The number of benzene rings is 4. The molecule has 4 aromatic carbocycles. The SMILES string of the molecule is CCCC[Si](CCCC)(CCCC)c1ccc(P(c2ccc([Si](CCCC)(CCCC)CCCC)cc2)[P+](N)(c2ccc([Si](CCCC)(CCCC)CCCC)cc2)c2ccccc2[Si](C)(C)C)cc1. The van der Waals surface area contributed by atoms with Gasteiger partial charge in [-0.25, -0.2) is 0 Å². The van der Waals surface area contributed by atoms with E-state index in [-0.39, 0.29) is 0 Å². The molecule has 1 atom stereocenters. The van der Waals surface area contributed by atoms with E-state index in [9.17, 15) is 0 Å². The normalized spacial score (nSPS) is 13.6. The predicted molar refractivity (Wildman–Crippen MR) is 339 cm³/mol. The first-order valence-corrected chi connectivity index (χ1v) is 45.0. The van der Waals surface area contributed by atoms with Crippen molar-refractivity contribution in [2.75, 3.05) is 0 Å². The average Bonchev–Trinajstić information content (AvgIpc) is 3.38. The maximum absolute atomic E-state index is 8.88. The molecule has 4 aromatic rings. The van der Waals surface area contributed by atoms with E-state index < -0.39 is 47.0 Å². The van der Waals surface area contributed by atoms with Crippen LogP contribution in [0.2, 0.25) is 74.0 Å². The van der Waals surface area contributed by atoms with Gasteiger partial charge in [0.15, 0.2) is 7.10 Å². The minimum Gasteiger partial charge on any atom is -0.193 e. The number of nitrogens with two attached hydrogens (primary N) is 1. The molecule has 2 N–H and O–H groups in total. The summed E-state index contributed by atoms with van der Waals surface area (Å²) in [4.78, 5) is 0. The van der Waals surface area contributed by atoms with E-state index >= 15 is 0 Å². The van der Waals surface area contributed by atoms with Crippen LogP contribution in [0, 0.1) is 0 Å². The quantitative estimate of drug-likeness (QED) is 0.0357. The van der Waals surface area contributed by atoms with E-state index in [1.54, 1.807) is 20.7 Å². The molecule has 0 amide bonds. The minimum absolute atomic E-state index is 0.987. The third kappa shape index (κ3) is 15.8. The molecule has 0 aliphatic carbocycles. The van der Waals surface area contributed by atoms with Gasteiger partial charge in [0.05, 0.1) is 32.3 Å². The highest BCUT2D eigenvalue weighted by atomic mass is 32.1. The molecule has 0 radical (unpaired) electrons. The average molecular weight is 1050 g/mol. The molecular weight excluding hydrogens is 945 g/mol. The zero-order valence-electron chi connectivity index (χ0n) is 47.8. The van der Waals surface area contributed by atoms with Gasteiger partial charge in [-0.15, -0.1) is 0 Å². The molecule has 4 rings (SSSR count). The summed E-state index contributed by atoms with van der Waals surface area (Å²) in [6.45, 7) is 29.3. The van der Waals surface area contributed by atoms with E-state index in [0.29, 0.717) is 0 Å². The smallest absolute Gasteiger partial charge is 0.169 e. The summed E-state index contributed by atoms with van der Waals surface area (Å²) in [6, 6.07) is 54.4. The highest BCUT2D eigenvalue weighted by Crippen LogP contribution is 2.75. The van der Waals surface area contributed by atoms with Crippen LogP contribution in [0.1, 0.15) is 178 Å². The first-order chi connectivity index (χ1) is 33.8. The van der Waals surface area contributed by atoms with Gasteiger partial charge < -0.3 is 0 Å². The molecule has 0 spiro atoms. The zero-order chi connectivity index (χ0) is 51.1. The maximum Gasteiger partial charge on any atom is 0.169 e. The van der Waals surface area contributed by atoms with Gasteiger partial charge in [0.25, 0.3) is 0 Å². The van der Waals surface area contributed by atoms with Gasteiger partial charge in [-0.2, -0.15) is 5.50 Å². The van der Waals surface area contributed by atoms with Crippen LogP contribution >= 0.6 is 14.7 Å². The lowest BCUT2D eigenvalue weighted by molar-refractivity contribution is 0.800. The zero-order valence-corrected chi connectivity index (χ0v) is 53.6. The molecular formula is C63H108NP2Si4+. The van der Waals surface area contributed by atoms with Gasteiger partial charge >= 0.3 is 0 Å². The summed E-state index contributed by atoms with van der Waals surface area (Å²) >= 11 is 0. The minimum atomic E-state index is -2.58. The van der Waals surface area contributed by atoms with E-state index in [1.165, 1.54) is 191 Å². The Labute approximate surface area is 440 Å². The second-order valence-electron chi connectivity index (χ2n) is 23.2. The van der Waals surface area contributed by atoms with E-state index in [4.69, 9.17) is 5.50 Å².